The highest BCUT2D eigenvalue weighted by Gasteiger charge is 2.18. The molecule has 0 fully saturated rings. The van der Waals surface area contributed by atoms with E-state index in [-0.39, 0.29) is 5.97 Å². The van der Waals surface area contributed by atoms with Gasteiger partial charge in [0.25, 0.3) is 0 Å². The zero-order valence-corrected chi connectivity index (χ0v) is 9.05. The lowest BCUT2D eigenvalue weighted by atomic mass is 10.3. The van der Waals surface area contributed by atoms with Crippen molar-refractivity contribution in [2.75, 3.05) is 6.61 Å². The summed E-state index contributed by atoms with van der Waals surface area (Å²) in [5.74, 6) is -0.274. The Balaban J connectivity index is 3.17. The van der Waals surface area contributed by atoms with Crippen molar-refractivity contribution in [1.82, 2.24) is 0 Å². The van der Waals surface area contributed by atoms with Crippen LogP contribution in [0.5, 0.6) is 0 Å². The summed E-state index contributed by atoms with van der Waals surface area (Å²) in [5, 5.41) is 0. The van der Waals surface area contributed by atoms with Crippen LogP contribution in [0.3, 0.4) is 0 Å². The Bertz CT molecular complexity index is 142. The Kier molecular flexibility index (Phi) is 6.06. The van der Waals surface area contributed by atoms with Gasteiger partial charge in [-0.3, -0.25) is 4.79 Å². The Morgan fingerprint density at radius 2 is 1.92 bits per heavy atom. The number of hydrogen-bond acceptors (Lipinski definition) is 2. The number of hydrogen-bond donors (Lipinski definition) is 0. The quantitative estimate of drug-likeness (QED) is 0.424. The van der Waals surface area contributed by atoms with Gasteiger partial charge in [-0.05, 0) is 19.3 Å². The van der Waals surface area contributed by atoms with Gasteiger partial charge >= 0.3 is 5.97 Å². The van der Waals surface area contributed by atoms with Crippen LogP contribution in [0.2, 0.25) is 0 Å². The van der Waals surface area contributed by atoms with Crippen LogP contribution in [0.1, 0.15) is 26.2 Å². The van der Waals surface area contributed by atoms with Crippen LogP contribution in [0.25, 0.3) is 0 Å². The molecule has 0 radical (unpaired) electrons. The first-order valence-corrected chi connectivity index (χ1v) is 4.75. The molecular formula is C7H11Cl3O2. The van der Waals surface area contributed by atoms with Crippen molar-refractivity contribution in [2.45, 2.75) is 30.0 Å². The van der Waals surface area contributed by atoms with Crippen molar-refractivity contribution in [1.29, 1.82) is 0 Å². The molecule has 0 rings (SSSR count). The molecule has 0 saturated carbocycles. The largest absolute Gasteiger partial charge is 0.466 e. The highest BCUT2D eigenvalue weighted by molar-refractivity contribution is 6.67. The van der Waals surface area contributed by atoms with E-state index in [1.165, 1.54) is 6.92 Å². The predicted molar refractivity (Wildman–Crippen MR) is 50.8 cm³/mol. The van der Waals surface area contributed by atoms with Gasteiger partial charge in [-0.1, -0.05) is 34.8 Å². The number of carbonyl (C=O) groups is 1. The summed E-state index contributed by atoms with van der Waals surface area (Å²) < 4.78 is 3.50. The molecule has 0 bridgehead atoms. The van der Waals surface area contributed by atoms with E-state index in [9.17, 15) is 4.79 Å². The van der Waals surface area contributed by atoms with Crippen LogP contribution in [0, 0.1) is 0 Å². The first kappa shape index (κ1) is 12.3. The van der Waals surface area contributed by atoms with Gasteiger partial charge in [-0.2, -0.15) is 0 Å². The molecule has 0 heterocycles. The minimum absolute atomic E-state index is 0.274. The van der Waals surface area contributed by atoms with Gasteiger partial charge in [0.1, 0.15) is 0 Å². The molecule has 0 saturated heterocycles. The molecule has 12 heavy (non-hydrogen) atoms. The molecule has 0 aliphatic rings. The van der Waals surface area contributed by atoms with Crippen molar-refractivity contribution in [2.24, 2.45) is 0 Å². The maximum absolute atomic E-state index is 10.3. The summed E-state index contributed by atoms with van der Waals surface area (Å²) >= 11 is 16.5. The van der Waals surface area contributed by atoms with Gasteiger partial charge in [0.05, 0.1) is 6.61 Å². The number of ether oxygens (including phenoxy) is 1. The van der Waals surface area contributed by atoms with Gasteiger partial charge in [0.2, 0.25) is 0 Å². The molecule has 2 nitrogen and oxygen atoms in total. The number of esters is 1. The number of unbranched alkanes of at least 4 members (excludes halogenated alkanes) is 1. The maximum Gasteiger partial charge on any atom is 0.302 e. The molecule has 0 amide bonds. The van der Waals surface area contributed by atoms with E-state index in [0.29, 0.717) is 13.0 Å². The van der Waals surface area contributed by atoms with Crippen LogP contribution < -0.4 is 0 Å². The van der Waals surface area contributed by atoms with Crippen molar-refractivity contribution < 1.29 is 9.53 Å². The van der Waals surface area contributed by atoms with Gasteiger partial charge in [0.15, 0.2) is 3.79 Å². The van der Waals surface area contributed by atoms with Gasteiger partial charge in [0, 0.05) is 6.92 Å². The fraction of sp³-hybridized carbons (Fsp3) is 0.857. The van der Waals surface area contributed by atoms with Crippen LogP contribution in [0.15, 0.2) is 0 Å². The van der Waals surface area contributed by atoms with Crippen molar-refractivity contribution in [3.05, 3.63) is 0 Å². The highest BCUT2D eigenvalue weighted by atomic mass is 35.6. The Labute approximate surface area is 87.1 Å². The van der Waals surface area contributed by atoms with E-state index in [0.717, 1.165) is 12.8 Å². The van der Waals surface area contributed by atoms with E-state index in [1.807, 2.05) is 0 Å². The molecule has 0 aliphatic carbocycles. The highest BCUT2D eigenvalue weighted by Crippen LogP contribution is 2.31. The Morgan fingerprint density at radius 3 is 2.33 bits per heavy atom. The third kappa shape index (κ3) is 10.3. The topological polar surface area (TPSA) is 26.3 Å². The molecule has 0 unspecified atom stereocenters. The van der Waals surface area contributed by atoms with E-state index in [2.05, 4.69) is 4.74 Å². The van der Waals surface area contributed by atoms with E-state index >= 15 is 0 Å². The number of carbonyl (C=O) groups excluding carboxylic acids is 1. The van der Waals surface area contributed by atoms with E-state index in [1.54, 1.807) is 0 Å². The minimum atomic E-state index is -1.18. The van der Waals surface area contributed by atoms with Crippen LogP contribution in [-0.2, 0) is 9.53 Å². The second kappa shape index (κ2) is 5.90. The third-order valence-corrected chi connectivity index (χ3v) is 1.73. The third-order valence-electron chi connectivity index (χ3n) is 1.16. The Morgan fingerprint density at radius 1 is 1.33 bits per heavy atom. The summed E-state index contributed by atoms with van der Waals surface area (Å²) in [4.78, 5) is 10.3. The van der Waals surface area contributed by atoms with E-state index in [4.69, 9.17) is 34.8 Å². The number of rotatable bonds is 4. The first-order chi connectivity index (χ1) is 5.42. The second-order valence-corrected chi connectivity index (χ2v) is 4.93. The molecule has 0 aromatic heterocycles. The number of halogens is 3. The zero-order valence-electron chi connectivity index (χ0n) is 6.78. The predicted octanol–water partition coefficient (Wildman–Crippen LogP) is 3.09. The Hall–Kier alpha value is 0.340. The standard InChI is InChI=1S/C7H11Cl3O2/c1-6(11)12-5-3-2-4-7(8,9)10/h2-5H2,1H3. The second-order valence-electron chi connectivity index (χ2n) is 2.41. The lowest BCUT2D eigenvalue weighted by Crippen LogP contribution is -2.04. The summed E-state index contributed by atoms with van der Waals surface area (Å²) in [6.45, 7) is 1.77. The zero-order chi connectivity index (χ0) is 9.61. The van der Waals surface area contributed by atoms with Gasteiger partial charge in [-0.25, -0.2) is 0 Å². The summed E-state index contributed by atoms with van der Waals surface area (Å²) in [6.07, 6.45) is 1.95. The molecule has 5 heteroatoms. The van der Waals surface area contributed by atoms with Gasteiger partial charge < -0.3 is 4.74 Å². The molecular weight excluding hydrogens is 222 g/mol. The first-order valence-electron chi connectivity index (χ1n) is 3.62. The van der Waals surface area contributed by atoms with Crippen molar-refractivity contribution in [3.8, 4) is 0 Å². The molecule has 0 N–H and O–H groups in total. The average molecular weight is 234 g/mol. The normalized spacial score (nSPS) is 11.3. The van der Waals surface area contributed by atoms with Crippen molar-refractivity contribution in [3.63, 3.8) is 0 Å². The molecule has 0 atom stereocenters. The average Bonchev–Trinajstić information content (AvgIpc) is 1.83. The van der Waals surface area contributed by atoms with Crippen LogP contribution in [0.4, 0.5) is 0 Å². The smallest absolute Gasteiger partial charge is 0.302 e. The molecule has 72 valence electrons. The summed E-state index contributed by atoms with van der Waals surface area (Å²) in [7, 11) is 0. The van der Waals surface area contributed by atoms with Gasteiger partial charge in [-0.15, -0.1) is 0 Å². The maximum atomic E-state index is 10.3. The minimum Gasteiger partial charge on any atom is -0.466 e. The SMILES string of the molecule is CC(=O)OCCCCC(Cl)(Cl)Cl. The summed E-state index contributed by atoms with van der Waals surface area (Å²) in [5.41, 5.74) is 0. The van der Waals surface area contributed by atoms with E-state index < -0.39 is 3.79 Å². The fourth-order valence-corrected chi connectivity index (χ4v) is 1.04. The molecule has 0 spiro atoms. The summed E-state index contributed by atoms with van der Waals surface area (Å²) in [6, 6.07) is 0. The van der Waals surface area contributed by atoms with Crippen molar-refractivity contribution >= 4 is 40.8 Å². The van der Waals surface area contributed by atoms with Crippen LogP contribution in [-0.4, -0.2) is 16.4 Å². The molecule has 0 aromatic rings. The fourth-order valence-electron chi connectivity index (χ4n) is 0.643. The number of alkyl halides is 3. The van der Waals surface area contributed by atoms with Crippen LogP contribution >= 0.6 is 34.8 Å². The monoisotopic (exact) mass is 232 g/mol. The lowest BCUT2D eigenvalue weighted by Gasteiger charge is -2.09. The molecule has 0 aliphatic heterocycles. The lowest BCUT2D eigenvalue weighted by molar-refractivity contribution is -0.141. The molecule has 0 aromatic carbocycles.